The van der Waals surface area contributed by atoms with E-state index in [2.05, 4.69) is 15.3 Å². The predicted octanol–water partition coefficient (Wildman–Crippen LogP) is 5.96. The highest BCUT2D eigenvalue weighted by molar-refractivity contribution is 6.33. The van der Waals surface area contributed by atoms with Crippen LogP contribution in [0.25, 0.3) is 11.4 Å². The van der Waals surface area contributed by atoms with Gasteiger partial charge in [0.1, 0.15) is 28.7 Å². The summed E-state index contributed by atoms with van der Waals surface area (Å²) in [6.07, 6.45) is 0.134. The number of nitrogens with one attached hydrogen (secondary N) is 1. The summed E-state index contributed by atoms with van der Waals surface area (Å²) in [5.74, 6) is 0.262. The third-order valence-corrected chi connectivity index (χ3v) is 7.05. The third kappa shape index (κ3) is 5.99. The molecule has 0 saturated heterocycles. The summed E-state index contributed by atoms with van der Waals surface area (Å²) in [4.78, 5) is 36.4. The smallest absolute Gasteiger partial charge is 0.310 e. The van der Waals surface area contributed by atoms with E-state index in [9.17, 15) is 14.0 Å². The minimum absolute atomic E-state index is 0.0394. The summed E-state index contributed by atoms with van der Waals surface area (Å²) >= 11 is 6.35. The Morgan fingerprint density at radius 1 is 1.05 bits per heavy atom. The van der Waals surface area contributed by atoms with E-state index in [1.165, 1.54) is 12.1 Å². The lowest BCUT2D eigenvalue weighted by atomic mass is 10.1. The second-order valence-corrected chi connectivity index (χ2v) is 9.86. The van der Waals surface area contributed by atoms with E-state index in [4.69, 9.17) is 25.8 Å². The van der Waals surface area contributed by atoms with Crippen molar-refractivity contribution in [2.24, 2.45) is 0 Å². The highest BCUT2D eigenvalue weighted by atomic mass is 35.5. The SMILES string of the molecule is CCOC(=O)Cc1ccc(Nc2nc(-c3c(F)cccc3Cl)nc3c2C(=O)N(Cc2ccc(OC)cc2OC)C3)cc1. The van der Waals surface area contributed by atoms with E-state index in [1.807, 2.05) is 6.07 Å². The number of fused-ring (bicyclic) bond motifs is 1. The van der Waals surface area contributed by atoms with Crippen LogP contribution in [0.2, 0.25) is 5.02 Å². The number of amides is 1. The van der Waals surface area contributed by atoms with Gasteiger partial charge in [0.2, 0.25) is 0 Å². The van der Waals surface area contributed by atoms with Crippen molar-refractivity contribution in [1.82, 2.24) is 14.9 Å². The monoisotopic (exact) mass is 590 g/mol. The molecule has 0 bridgehead atoms. The van der Waals surface area contributed by atoms with Gasteiger partial charge in [-0.3, -0.25) is 9.59 Å². The van der Waals surface area contributed by atoms with Crippen molar-refractivity contribution in [3.63, 3.8) is 0 Å². The maximum absolute atomic E-state index is 14.9. The van der Waals surface area contributed by atoms with Crippen LogP contribution in [0.3, 0.4) is 0 Å². The van der Waals surface area contributed by atoms with Gasteiger partial charge in [0, 0.05) is 17.3 Å². The van der Waals surface area contributed by atoms with Gasteiger partial charge in [-0.2, -0.15) is 0 Å². The first-order valence-electron chi connectivity index (χ1n) is 13.2. The molecule has 11 heteroatoms. The number of hydrogen-bond acceptors (Lipinski definition) is 8. The Hall–Kier alpha value is -4.70. The zero-order valence-electron chi connectivity index (χ0n) is 23.2. The molecule has 0 fully saturated rings. The first-order valence-corrected chi connectivity index (χ1v) is 13.6. The van der Waals surface area contributed by atoms with Gasteiger partial charge < -0.3 is 24.4 Å². The molecule has 5 rings (SSSR count). The third-order valence-electron chi connectivity index (χ3n) is 6.74. The van der Waals surface area contributed by atoms with E-state index in [0.717, 1.165) is 11.1 Å². The Morgan fingerprint density at radius 2 is 1.83 bits per heavy atom. The first-order chi connectivity index (χ1) is 20.3. The number of anilines is 2. The summed E-state index contributed by atoms with van der Waals surface area (Å²) in [5.41, 5.74) is 2.89. The maximum Gasteiger partial charge on any atom is 0.310 e. The van der Waals surface area contributed by atoms with Crippen LogP contribution in [0.15, 0.2) is 60.7 Å². The minimum atomic E-state index is -0.583. The van der Waals surface area contributed by atoms with Crippen LogP contribution in [0, 0.1) is 5.82 Å². The summed E-state index contributed by atoms with van der Waals surface area (Å²) in [6, 6.07) is 16.8. The van der Waals surface area contributed by atoms with Crippen molar-refractivity contribution in [3.8, 4) is 22.9 Å². The Kier molecular flexibility index (Phi) is 8.53. The lowest BCUT2D eigenvalue weighted by Crippen LogP contribution is -2.24. The van der Waals surface area contributed by atoms with Gasteiger partial charge in [-0.1, -0.05) is 29.8 Å². The second kappa shape index (κ2) is 12.4. The van der Waals surface area contributed by atoms with Crippen LogP contribution in [0.1, 0.15) is 34.1 Å². The zero-order valence-corrected chi connectivity index (χ0v) is 24.0. The van der Waals surface area contributed by atoms with Crippen molar-refractivity contribution in [2.75, 3.05) is 26.1 Å². The average Bonchev–Trinajstić information content (AvgIpc) is 3.29. The summed E-state index contributed by atoms with van der Waals surface area (Å²) < 4.78 is 30.7. The van der Waals surface area contributed by atoms with Crippen LogP contribution >= 0.6 is 11.6 Å². The minimum Gasteiger partial charge on any atom is -0.497 e. The normalized spacial score (nSPS) is 12.2. The highest BCUT2D eigenvalue weighted by Gasteiger charge is 2.34. The number of rotatable bonds is 10. The van der Waals surface area contributed by atoms with Crippen molar-refractivity contribution in [2.45, 2.75) is 26.4 Å². The highest BCUT2D eigenvalue weighted by Crippen LogP contribution is 2.36. The molecule has 0 unspecified atom stereocenters. The van der Waals surface area contributed by atoms with Gasteiger partial charge >= 0.3 is 5.97 Å². The molecule has 216 valence electrons. The fraction of sp³-hybridized carbons (Fsp3) is 0.226. The van der Waals surface area contributed by atoms with Crippen LogP contribution in [0.4, 0.5) is 15.9 Å². The van der Waals surface area contributed by atoms with Gasteiger partial charge in [-0.25, -0.2) is 14.4 Å². The first kappa shape index (κ1) is 28.8. The zero-order chi connectivity index (χ0) is 29.8. The van der Waals surface area contributed by atoms with Crippen molar-refractivity contribution < 1.29 is 28.2 Å². The molecule has 1 aliphatic rings. The Bertz CT molecular complexity index is 1630. The molecule has 1 N–H and O–H groups in total. The number of carbonyl (C=O) groups is 2. The molecular weight excluding hydrogens is 563 g/mol. The second-order valence-electron chi connectivity index (χ2n) is 9.46. The molecule has 1 aliphatic heterocycles. The fourth-order valence-corrected chi connectivity index (χ4v) is 4.96. The predicted molar refractivity (Wildman–Crippen MR) is 156 cm³/mol. The molecule has 0 radical (unpaired) electrons. The maximum atomic E-state index is 14.9. The van der Waals surface area contributed by atoms with Gasteiger partial charge in [0.05, 0.1) is 56.6 Å². The summed E-state index contributed by atoms with van der Waals surface area (Å²) in [6.45, 7) is 2.46. The standard InChI is InChI=1S/C31H28ClFN4O5/c1-4-42-26(38)14-18-8-11-20(12-9-18)34-30-28-24(35-29(36-30)27-22(32)6-5-7-23(27)33)17-37(31(28)39)16-19-10-13-21(40-2)15-25(19)41-3/h5-13,15H,4,14,16-17H2,1-3H3,(H,34,35,36). The fourth-order valence-electron chi connectivity index (χ4n) is 4.71. The van der Waals surface area contributed by atoms with Crippen LogP contribution in [-0.2, 0) is 29.0 Å². The molecule has 3 aromatic carbocycles. The lowest BCUT2D eigenvalue weighted by molar-refractivity contribution is -0.142. The molecule has 42 heavy (non-hydrogen) atoms. The molecule has 2 heterocycles. The largest absolute Gasteiger partial charge is 0.497 e. The summed E-state index contributed by atoms with van der Waals surface area (Å²) in [5, 5.41) is 3.34. The topological polar surface area (TPSA) is 103 Å². The van der Waals surface area contributed by atoms with Gasteiger partial charge in [0.25, 0.3) is 5.91 Å². The molecule has 9 nitrogen and oxygen atoms in total. The molecule has 0 saturated carbocycles. The van der Waals surface area contributed by atoms with Gasteiger partial charge in [-0.15, -0.1) is 0 Å². The quantitative estimate of drug-likeness (QED) is 0.226. The lowest BCUT2D eigenvalue weighted by Gasteiger charge is -2.18. The Morgan fingerprint density at radius 3 is 2.52 bits per heavy atom. The molecule has 4 aromatic rings. The Balaban J connectivity index is 1.50. The average molecular weight is 591 g/mol. The molecule has 0 aliphatic carbocycles. The van der Waals surface area contributed by atoms with Crippen molar-refractivity contribution >= 4 is 35.0 Å². The van der Waals surface area contributed by atoms with E-state index in [0.29, 0.717) is 29.5 Å². The van der Waals surface area contributed by atoms with Crippen LogP contribution in [0.5, 0.6) is 11.5 Å². The molecule has 0 atom stereocenters. The number of ether oxygens (including phenoxy) is 3. The Labute approximate surface area is 247 Å². The number of carbonyl (C=O) groups excluding carboxylic acids is 2. The van der Waals surface area contributed by atoms with Crippen molar-refractivity contribution in [3.05, 3.63) is 93.9 Å². The molecule has 1 aromatic heterocycles. The number of aromatic nitrogens is 2. The van der Waals surface area contributed by atoms with Crippen molar-refractivity contribution in [1.29, 1.82) is 0 Å². The van der Waals surface area contributed by atoms with Gasteiger partial charge in [-0.05, 0) is 48.9 Å². The van der Waals surface area contributed by atoms with E-state index < -0.39 is 5.82 Å². The van der Waals surface area contributed by atoms with Gasteiger partial charge in [0.15, 0.2) is 5.82 Å². The molecule has 1 amide bonds. The molecule has 0 spiro atoms. The van der Waals surface area contributed by atoms with E-state index in [-0.39, 0.29) is 59.2 Å². The number of halogens is 2. The number of hydrogen-bond donors (Lipinski definition) is 1. The number of benzene rings is 3. The number of nitrogens with zero attached hydrogens (tertiary/aromatic N) is 3. The molecular formula is C31H28ClFN4O5. The number of methoxy groups -OCH3 is 2. The summed E-state index contributed by atoms with van der Waals surface area (Å²) in [7, 11) is 3.12. The van der Waals surface area contributed by atoms with Crippen LogP contribution in [-0.4, -0.2) is 47.6 Å². The van der Waals surface area contributed by atoms with E-state index >= 15 is 0 Å². The van der Waals surface area contributed by atoms with E-state index in [1.54, 1.807) is 68.5 Å². The number of esters is 1. The van der Waals surface area contributed by atoms with Crippen LogP contribution < -0.4 is 14.8 Å².